The van der Waals surface area contributed by atoms with Crippen molar-refractivity contribution in [1.82, 2.24) is 0 Å². The molecule has 0 bridgehead atoms. The van der Waals surface area contributed by atoms with E-state index in [1.165, 1.54) is 4.90 Å². The molecule has 0 aliphatic heterocycles. The number of nitrogens with zero attached hydrogens (tertiary/aromatic N) is 1. The molecular weight excluding hydrogens is 224 g/mol. The molecule has 15 heavy (non-hydrogen) atoms. The number of rotatable bonds is 3. The fourth-order valence-electron chi connectivity index (χ4n) is 1.03. The lowest BCUT2D eigenvalue weighted by molar-refractivity contribution is 1.45. The van der Waals surface area contributed by atoms with E-state index in [1.54, 1.807) is 17.8 Å². The smallest absolute Gasteiger partial charge is 0.114 e. The van der Waals surface area contributed by atoms with Gasteiger partial charge in [0.15, 0.2) is 0 Å². The molecule has 0 saturated carbocycles. The minimum atomic E-state index is 0.131. The second kappa shape index (κ2) is 5.54. The summed E-state index contributed by atoms with van der Waals surface area (Å²) in [6, 6.07) is 9.81. The average Bonchev–Trinajstić information content (AvgIpc) is 2.26. The maximum atomic E-state index is 8.77. The summed E-state index contributed by atoms with van der Waals surface area (Å²) in [6.45, 7) is 0. The zero-order valence-electron chi connectivity index (χ0n) is 8.23. The fourth-order valence-corrected chi connectivity index (χ4v) is 1.54. The molecular formula is C11H10N2S2. The van der Waals surface area contributed by atoms with E-state index in [-0.39, 0.29) is 4.99 Å². The summed E-state index contributed by atoms with van der Waals surface area (Å²) >= 11 is 6.42. The highest BCUT2D eigenvalue weighted by Crippen LogP contribution is 2.16. The van der Waals surface area contributed by atoms with E-state index in [0.29, 0.717) is 5.57 Å². The second-order valence-electron chi connectivity index (χ2n) is 2.81. The molecule has 0 amide bonds. The molecule has 1 aromatic rings. The van der Waals surface area contributed by atoms with E-state index in [4.69, 9.17) is 23.2 Å². The van der Waals surface area contributed by atoms with Gasteiger partial charge in [0.25, 0.3) is 0 Å². The molecule has 0 aliphatic carbocycles. The second-order valence-corrected chi connectivity index (χ2v) is 4.13. The van der Waals surface area contributed by atoms with Gasteiger partial charge in [0, 0.05) is 4.90 Å². The maximum absolute atomic E-state index is 8.77. The first-order valence-electron chi connectivity index (χ1n) is 4.23. The Morgan fingerprint density at radius 3 is 2.47 bits per heavy atom. The van der Waals surface area contributed by atoms with Gasteiger partial charge < -0.3 is 5.73 Å². The van der Waals surface area contributed by atoms with Crippen LogP contribution in [0.2, 0.25) is 0 Å². The number of nitriles is 1. The average molecular weight is 234 g/mol. The minimum absolute atomic E-state index is 0.131. The van der Waals surface area contributed by atoms with Crippen LogP contribution >= 0.6 is 24.0 Å². The van der Waals surface area contributed by atoms with E-state index in [2.05, 4.69) is 0 Å². The summed E-state index contributed by atoms with van der Waals surface area (Å²) in [5.74, 6) is 0. The summed E-state index contributed by atoms with van der Waals surface area (Å²) in [6.07, 6.45) is 3.70. The Labute approximate surface area is 98.8 Å². The van der Waals surface area contributed by atoms with Crippen LogP contribution in [0, 0.1) is 11.3 Å². The van der Waals surface area contributed by atoms with Crippen molar-refractivity contribution in [1.29, 1.82) is 5.26 Å². The van der Waals surface area contributed by atoms with Gasteiger partial charge in [-0.15, -0.1) is 11.8 Å². The topological polar surface area (TPSA) is 49.8 Å². The first-order chi connectivity index (χ1) is 7.17. The molecule has 0 fully saturated rings. The molecule has 0 radical (unpaired) electrons. The molecule has 1 rings (SSSR count). The van der Waals surface area contributed by atoms with Crippen LogP contribution in [0.5, 0.6) is 0 Å². The van der Waals surface area contributed by atoms with Crippen molar-refractivity contribution in [3.8, 4) is 6.07 Å². The zero-order valence-corrected chi connectivity index (χ0v) is 9.86. The molecule has 4 heteroatoms. The molecule has 2 nitrogen and oxygen atoms in total. The Balaban J connectivity index is 2.98. The molecule has 0 heterocycles. The van der Waals surface area contributed by atoms with Crippen LogP contribution in [0.4, 0.5) is 0 Å². The molecule has 0 spiro atoms. The van der Waals surface area contributed by atoms with Crippen molar-refractivity contribution in [2.45, 2.75) is 4.90 Å². The SMILES string of the molecule is CSc1ccc(/C=C(/C#N)C(N)=S)cc1. The third kappa shape index (κ3) is 3.39. The van der Waals surface area contributed by atoms with Gasteiger partial charge in [-0.05, 0) is 30.0 Å². The number of thioether (sulfide) groups is 1. The van der Waals surface area contributed by atoms with Crippen LogP contribution in [-0.2, 0) is 0 Å². The van der Waals surface area contributed by atoms with Crippen molar-refractivity contribution in [3.63, 3.8) is 0 Å². The van der Waals surface area contributed by atoms with E-state index >= 15 is 0 Å². The molecule has 0 aromatic heterocycles. The number of benzene rings is 1. The van der Waals surface area contributed by atoms with Gasteiger partial charge in [-0.3, -0.25) is 0 Å². The molecule has 2 N–H and O–H groups in total. The standard InChI is InChI=1S/C11H10N2S2/c1-15-10-4-2-8(3-5-10)6-9(7-12)11(13)14/h2-6H,1H3,(H2,13,14)/b9-6-. The molecule has 0 saturated heterocycles. The quantitative estimate of drug-likeness (QED) is 0.378. The molecule has 0 aliphatic rings. The molecule has 76 valence electrons. The summed E-state index contributed by atoms with van der Waals surface area (Å²) < 4.78 is 0. The summed E-state index contributed by atoms with van der Waals surface area (Å²) in [7, 11) is 0. The van der Waals surface area contributed by atoms with Gasteiger partial charge in [0.05, 0.1) is 5.57 Å². The predicted octanol–water partition coefficient (Wildman–Crippen LogP) is 2.60. The third-order valence-electron chi connectivity index (χ3n) is 1.81. The van der Waals surface area contributed by atoms with Crippen LogP contribution in [0.3, 0.4) is 0 Å². The third-order valence-corrected chi connectivity index (χ3v) is 2.78. The van der Waals surface area contributed by atoms with Crippen LogP contribution in [-0.4, -0.2) is 11.2 Å². The number of nitrogens with two attached hydrogens (primary N) is 1. The van der Waals surface area contributed by atoms with E-state index in [1.807, 2.05) is 36.6 Å². The number of thiocarbonyl (C=S) groups is 1. The molecule has 1 aromatic carbocycles. The van der Waals surface area contributed by atoms with Crippen molar-refractivity contribution in [2.24, 2.45) is 5.73 Å². The van der Waals surface area contributed by atoms with Crippen molar-refractivity contribution >= 4 is 35.0 Å². The van der Waals surface area contributed by atoms with Crippen molar-refractivity contribution in [3.05, 3.63) is 35.4 Å². The maximum Gasteiger partial charge on any atom is 0.114 e. The Bertz CT molecular complexity index is 427. The van der Waals surface area contributed by atoms with Gasteiger partial charge in [-0.1, -0.05) is 24.4 Å². The van der Waals surface area contributed by atoms with Crippen LogP contribution < -0.4 is 5.73 Å². The predicted molar refractivity (Wildman–Crippen MR) is 68.6 cm³/mol. The summed E-state index contributed by atoms with van der Waals surface area (Å²) in [5, 5.41) is 8.77. The van der Waals surface area contributed by atoms with Gasteiger partial charge in [-0.25, -0.2) is 0 Å². The first-order valence-corrected chi connectivity index (χ1v) is 5.86. The van der Waals surface area contributed by atoms with Crippen molar-refractivity contribution < 1.29 is 0 Å². The monoisotopic (exact) mass is 234 g/mol. The normalized spacial score (nSPS) is 10.8. The van der Waals surface area contributed by atoms with Crippen LogP contribution in [0.15, 0.2) is 34.7 Å². The lowest BCUT2D eigenvalue weighted by Gasteiger charge is -1.98. The molecule has 0 unspecified atom stereocenters. The van der Waals surface area contributed by atoms with Gasteiger partial charge in [-0.2, -0.15) is 5.26 Å². The summed E-state index contributed by atoms with van der Waals surface area (Å²) in [5.41, 5.74) is 6.65. The van der Waals surface area contributed by atoms with Gasteiger partial charge in [0.2, 0.25) is 0 Å². The molecule has 0 atom stereocenters. The first kappa shape index (κ1) is 11.8. The van der Waals surface area contributed by atoms with E-state index < -0.39 is 0 Å². The van der Waals surface area contributed by atoms with Gasteiger partial charge in [0.1, 0.15) is 11.1 Å². The Kier molecular flexibility index (Phi) is 4.35. The highest BCUT2D eigenvalue weighted by atomic mass is 32.2. The zero-order chi connectivity index (χ0) is 11.3. The fraction of sp³-hybridized carbons (Fsp3) is 0.0909. The minimum Gasteiger partial charge on any atom is -0.389 e. The van der Waals surface area contributed by atoms with Crippen LogP contribution in [0.1, 0.15) is 5.56 Å². The van der Waals surface area contributed by atoms with Gasteiger partial charge >= 0.3 is 0 Å². The highest BCUT2D eigenvalue weighted by molar-refractivity contribution is 7.98. The van der Waals surface area contributed by atoms with Crippen LogP contribution in [0.25, 0.3) is 6.08 Å². The lowest BCUT2D eigenvalue weighted by Crippen LogP contribution is -2.09. The van der Waals surface area contributed by atoms with Crippen molar-refractivity contribution in [2.75, 3.05) is 6.26 Å². The number of hydrogen-bond donors (Lipinski definition) is 1. The largest absolute Gasteiger partial charge is 0.389 e. The Morgan fingerprint density at radius 2 is 2.07 bits per heavy atom. The van der Waals surface area contributed by atoms with E-state index in [0.717, 1.165) is 5.56 Å². The number of hydrogen-bond acceptors (Lipinski definition) is 3. The lowest BCUT2D eigenvalue weighted by atomic mass is 10.1. The Morgan fingerprint density at radius 1 is 1.47 bits per heavy atom. The summed E-state index contributed by atoms with van der Waals surface area (Å²) in [4.78, 5) is 1.31. The highest BCUT2D eigenvalue weighted by Gasteiger charge is 1.99. The Hall–Kier alpha value is -1.31. The van der Waals surface area contributed by atoms with E-state index in [9.17, 15) is 0 Å².